The molecule has 0 heterocycles. The van der Waals surface area contributed by atoms with Crippen molar-refractivity contribution in [3.8, 4) is 0 Å². The number of rotatable bonds is 4. The summed E-state index contributed by atoms with van der Waals surface area (Å²) >= 11 is 0. The first-order valence-electron chi connectivity index (χ1n) is 4.21. The fourth-order valence-corrected chi connectivity index (χ4v) is 1.03. The molecule has 0 aliphatic heterocycles. The summed E-state index contributed by atoms with van der Waals surface area (Å²) < 4.78 is 5.16. The van der Waals surface area contributed by atoms with Crippen LogP contribution in [-0.4, -0.2) is 11.5 Å². The quantitative estimate of drug-likeness (QED) is 0.419. The SMILES string of the molecule is C=C(OCC)c1ccc([N+](=O)[O-])cc1. The van der Waals surface area contributed by atoms with Gasteiger partial charge in [0.05, 0.1) is 11.5 Å². The van der Waals surface area contributed by atoms with E-state index in [-0.39, 0.29) is 5.69 Å². The number of non-ortho nitro benzene ring substituents is 1. The number of hydrogen-bond acceptors (Lipinski definition) is 3. The van der Waals surface area contributed by atoms with Gasteiger partial charge in [0, 0.05) is 17.7 Å². The molecule has 4 nitrogen and oxygen atoms in total. The van der Waals surface area contributed by atoms with Gasteiger partial charge < -0.3 is 4.74 Å². The molecule has 0 fully saturated rings. The van der Waals surface area contributed by atoms with E-state index >= 15 is 0 Å². The molecule has 0 amide bonds. The van der Waals surface area contributed by atoms with Gasteiger partial charge in [-0.3, -0.25) is 10.1 Å². The van der Waals surface area contributed by atoms with Crippen LogP contribution in [0, 0.1) is 10.1 Å². The van der Waals surface area contributed by atoms with Gasteiger partial charge in [0.15, 0.2) is 0 Å². The van der Waals surface area contributed by atoms with E-state index in [9.17, 15) is 10.1 Å². The molecule has 0 aliphatic rings. The van der Waals surface area contributed by atoms with E-state index in [2.05, 4.69) is 6.58 Å². The van der Waals surface area contributed by atoms with Gasteiger partial charge in [-0.05, 0) is 19.1 Å². The molecular formula is C10H11NO3. The molecule has 1 aromatic carbocycles. The molecule has 1 aromatic rings. The number of benzene rings is 1. The molecular weight excluding hydrogens is 182 g/mol. The van der Waals surface area contributed by atoms with E-state index in [1.807, 2.05) is 6.92 Å². The van der Waals surface area contributed by atoms with Gasteiger partial charge in [-0.15, -0.1) is 0 Å². The fraction of sp³-hybridized carbons (Fsp3) is 0.200. The minimum Gasteiger partial charge on any atom is -0.494 e. The van der Waals surface area contributed by atoms with Crippen LogP contribution in [-0.2, 0) is 4.74 Å². The van der Waals surface area contributed by atoms with E-state index in [1.165, 1.54) is 12.1 Å². The zero-order valence-corrected chi connectivity index (χ0v) is 7.90. The average molecular weight is 193 g/mol. The van der Waals surface area contributed by atoms with Crippen molar-refractivity contribution in [3.05, 3.63) is 46.5 Å². The molecule has 14 heavy (non-hydrogen) atoms. The monoisotopic (exact) mass is 193 g/mol. The topological polar surface area (TPSA) is 52.4 Å². The van der Waals surface area contributed by atoms with E-state index in [4.69, 9.17) is 4.74 Å². The number of ether oxygens (including phenoxy) is 1. The van der Waals surface area contributed by atoms with Gasteiger partial charge in [-0.2, -0.15) is 0 Å². The summed E-state index contributed by atoms with van der Waals surface area (Å²) in [5.74, 6) is 0.530. The van der Waals surface area contributed by atoms with Crippen LogP contribution in [0.4, 0.5) is 5.69 Å². The number of nitrogens with zero attached hydrogens (tertiary/aromatic N) is 1. The predicted octanol–water partition coefficient (Wildman–Crippen LogP) is 2.60. The van der Waals surface area contributed by atoms with Gasteiger partial charge in [0.1, 0.15) is 5.76 Å². The van der Waals surface area contributed by atoms with Crippen molar-refractivity contribution in [2.24, 2.45) is 0 Å². The molecule has 0 bridgehead atoms. The molecule has 0 radical (unpaired) electrons. The van der Waals surface area contributed by atoms with Crippen LogP contribution in [0.5, 0.6) is 0 Å². The maximum absolute atomic E-state index is 10.4. The first-order valence-corrected chi connectivity index (χ1v) is 4.21. The molecule has 0 aliphatic carbocycles. The van der Waals surface area contributed by atoms with Crippen LogP contribution in [0.15, 0.2) is 30.8 Å². The number of hydrogen-bond donors (Lipinski definition) is 0. The van der Waals surface area contributed by atoms with Crippen molar-refractivity contribution < 1.29 is 9.66 Å². The van der Waals surface area contributed by atoms with Gasteiger partial charge in [0.25, 0.3) is 5.69 Å². The Kier molecular flexibility index (Phi) is 3.23. The highest BCUT2D eigenvalue weighted by Gasteiger charge is 2.05. The summed E-state index contributed by atoms with van der Waals surface area (Å²) in [6.07, 6.45) is 0. The highest BCUT2D eigenvalue weighted by atomic mass is 16.6. The fourth-order valence-electron chi connectivity index (χ4n) is 1.03. The second-order valence-corrected chi connectivity index (χ2v) is 2.66. The third kappa shape index (κ3) is 2.32. The number of nitro groups is 1. The van der Waals surface area contributed by atoms with E-state index in [1.54, 1.807) is 12.1 Å². The van der Waals surface area contributed by atoms with Crippen molar-refractivity contribution in [2.45, 2.75) is 6.92 Å². The molecule has 0 unspecified atom stereocenters. The van der Waals surface area contributed by atoms with Crippen LogP contribution in [0.2, 0.25) is 0 Å². The summed E-state index contributed by atoms with van der Waals surface area (Å²) in [7, 11) is 0. The van der Waals surface area contributed by atoms with E-state index in [0.29, 0.717) is 12.4 Å². The molecule has 4 heteroatoms. The zero-order chi connectivity index (χ0) is 10.6. The van der Waals surface area contributed by atoms with Crippen molar-refractivity contribution in [1.29, 1.82) is 0 Å². The first-order chi connectivity index (χ1) is 6.65. The molecule has 0 spiro atoms. The van der Waals surface area contributed by atoms with E-state index < -0.39 is 4.92 Å². The van der Waals surface area contributed by atoms with Gasteiger partial charge in [-0.1, -0.05) is 6.58 Å². The molecule has 0 atom stereocenters. The Bertz CT molecular complexity index is 343. The minimum atomic E-state index is -0.437. The van der Waals surface area contributed by atoms with Crippen molar-refractivity contribution >= 4 is 11.4 Å². The molecule has 0 aromatic heterocycles. The Labute approximate surface area is 82.0 Å². The smallest absolute Gasteiger partial charge is 0.269 e. The van der Waals surface area contributed by atoms with Crippen LogP contribution in [0.1, 0.15) is 12.5 Å². The van der Waals surface area contributed by atoms with Crippen molar-refractivity contribution in [3.63, 3.8) is 0 Å². The third-order valence-corrected chi connectivity index (χ3v) is 1.72. The Balaban J connectivity index is 2.83. The maximum Gasteiger partial charge on any atom is 0.269 e. The second-order valence-electron chi connectivity index (χ2n) is 2.66. The summed E-state index contributed by atoms with van der Waals surface area (Å²) in [4.78, 5) is 9.92. The Morgan fingerprint density at radius 1 is 1.50 bits per heavy atom. The van der Waals surface area contributed by atoms with Crippen LogP contribution >= 0.6 is 0 Å². The second kappa shape index (κ2) is 4.41. The van der Waals surface area contributed by atoms with Crippen LogP contribution in [0.3, 0.4) is 0 Å². The Morgan fingerprint density at radius 2 is 2.07 bits per heavy atom. The average Bonchev–Trinajstić information content (AvgIpc) is 2.18. The van der Waals surface area contributed by atoms with Crippen LogP contribution < -0.4 is 0 Å². The lowest BCUT2D eigenvalue weighted by atomic mass is 10.2. The summed E-state index contributed by atoms with van der Waals surface area (Å²) in [5, 5.41) is 10.4. The standard InChI is InChI=1S/C10H11NO3/c1-3-14-8(2)9-4-6-10(7-5-9)11(12)13/h4-7H,2-3H2,1H3. The molecule has 74 valence electrons. The lowest BCUT2D eigenvalue weighted by molar-refractivity contribution is -0.384. The predicted molar refractivity (Wildman–Crippen MR) is 53.8 cm³/mol. The largest absolute Gasteiger partial charge is 0.494 e. The van der Waals surface area contributed by atoms with Crippen molar-refractivity contribution in [2.75, 3.05) is 6.61 Å². The van der Waals surface area contributed by atoms with Crippen molar-refractivity contribution in [1.82, 2.24) is 0 Å². The summed E-state index contributed by atoms with van der Waals surface area (Å²) in [5.41, 5.74) is 0.829. The lowest BCUT2D eigenvalue weighted by Gasteiger charge is -2.05. The number of nitro benzene ring substituents is 1. The van der Waals surface area contributed by atoms with Gasteiger partial charge in [-0.25, -0.2) is 0 Å². The summed E-state index contributed by atoms with van der Waals surface area (Å²) in [6, 6.07) is 6.10. The molecule has 0 N–H and O–H groups in total. The summed E-state index contributed by atoms with van der Waals surface area (Å²) in [6.45, 7) is 6.09. The lowest BCUT2D eigenvalue weighted by Crippen LogP contribution is -1.91. The zero-order valence-electron chi connectivity index (χ0n) is 7.90. The van der Waals surface area contributed by atoms with Crippen LogP contribution in [0.25, 0.3) is 5.76 Å². The molecule has 0 saturated carbocycles. The van der Waals surface area contributed by atoms with E-state index in [0.717, 1.165) is 5.56 Å². The molecule has 1 rings (SSSR count). The Morgan fingerprint density at radius 3 is 2.50 bits per heavy atom. The van der Waals surface area contributed by atoms with Gasteiger partial charge >= 0.3 is 0 Å². The third-order valence-electron chi connectivity index (χ3n) is 1.72. The molecule has 0 saturated heterocycles. The first kappa shape index (κ1) is 10.2. The normalized spacial score (nSPS) is 9.50. The maximum atomic E-state index is 10.4. The van der Waals surface area contributed by atoms with Gasteiger partial charge in [0.2, 0.25) is 0 Å². The highest BCUT2D eigenvalue weighted by Crippen LogP contribution is 2.17. The Hall–Kier alpha value is -1.84. The minimum absolute atomic E-state index is 0.0676. The highest BCUT2D eigenvalue weighted by molar-refractivity contribution is 5.58.